The summed E-state index contributed by atoms with van der Waals surface area (Å²) in [6, 6.07) is 0. The van der Waals surface area contributed by atoms with Crippen LogP contribution in [0, 0.1) is 23.7 Å². The number of aliphatic hydroxyl groups is 1. The molecule has 0 radical (unpaired) electrons. The molecule has 1 rings (SSSR count). The normalized spacial score (nSPS) is 33.3. The number of hydrogen-bond acceptors (Lipinski definition) is 4. The Labute approximate surface area is 154 Å². The van der Waals surface area contributed by atoms with E-state index in [2.05, 4.69) is 41.2 Å². The van der Waals surface area contributed by atoms with Crippen LogP contribution in [-0.2, 0) is 14.2 Å². The van der Waals surface area contributed by atoms with Gasteiger partial charge in [-0.2, -0.15) is 0 Å². The third-order valence-electron chi connectivity index (χ3n) is 5.67. The first-order chi connectivity index (χ1) is 11.7. The van der Waals surface area contributed by atoms with Gasteiger partial charge in [0.15, 0.2) is 6.29 Å². The first-order valence-electron chi connectivity index (χ1n) is 9.86. The van der Waals surface area contributed by atoms with E-state index in [-0.39, 0.29) is 36.9 Å². The van der Waals surface area contributed by atoms with E-state index in [0.29, 0.717) is 18.4 Å². The average molecular weight is 357 g/mol. The van der Waals surface area contributed by atoms with Crippen molar-refractivity contribution in [3.8, 4) is 0 Å². The van der Waals surface area contributed by atoms with Gasteiger partial charge in [-0.05, 0) is 45.4 Å². The van der Waals surface area contributed by atoms with Crippen LogP contribution in [0.15, 0.2) is 12.7 Å². The molecule has 0 aliphatic carbocycles. The third-order valence-corrected chi connectivity index (χ3v) is 5.67. The highest BCUT2D eigenvalue weighted by atomic mass is 16.7. The van der Waals surface area contributed by atoms with E-state index in [1.165, 1.54) is 0 Å². The van der Waals surface area contributed by atoms with Crippen molar-refractivity contribution >= 4 is 0 Å². The van der Waals surface area contributed by atoms with Crippen LogP contribution in [0.25, 0.3) is 0 Å². The second-order valence-corrected chi connectivity index (χ2v) is 8.28. The summed E-state index contributed by atoms with van der Waals surface area (Å²) < 4.78 is 18.9. The van der Waals surface area contributed by atoms with Gasteiger partial charge in [0, 0.05) is 25.0 Å². The smallest absolute Gasteiger partial charge is 0.161 e. The number of hydrogen-bond donors (Lipinski definition) is 1. The minimum atomic E-state index is -0.502. The van der Waals surface area contributed by atoms with Gasteiger partial charge in [-0.25, -0.2) is 0 Å². The Morgan fingerprint density at radius 3 is 2.48 bits per heavy atom. The Morgan fingerprint density at radius 2 is 1.96 bits per heavy atom. The molecule has 1 aliphatic heterocycles. The van der Waals surface area contributed by atoms with Gasteiger partial charge in [-0.15, -0.1) is 6.58 Å². The average Bonchev–Trinajstić information content (AvgIpc) is 2.55. The van der Waals surface area contributed by atoms with Crippen LogP contribution in [-0.4, -0.2) is 42.4 Å². The SMILES string of the molecule is C=C[C@H](C)[C@@H](O[C@@H]1O[C@H](C)C[C@H](C)[C@H]1C)[C@@](C)(C[C@@H](C)CO)OCC. The molecule has 8 atom stereocenters. The molecule has 1 fully saturated rings. The standard InChI is InChI=1S/C21H40O4/c1-9-15(4)19(21(8,23-10-2)12-14(3)13-22)25-20-18(7)16(5)11-17(6)24-20/h9,14-20,22H,1,10-13H2,2-8H3/t14-,15+,16+,17-,18-,19-,20+,21-/m1/s1. The Morgan fingerprint density at radius 1 is 1.32 bits per heavy atom. The molecule has 1 aliphatic rings. The van der Waals surface area contributed by atoms with Crippen molar-refractivity contribution in [1.29, 1.82) is 0 Å². The van der Waals surface area contributed by atoms with Crippen molar-refractivity contribution in [2.24, 2.45) is 23.7 Å². The number of rotatable bonds is 10. The van der Waals surface area contributed by atoms with E-state index in [4.69, 9.17) is 14.2 Å². The molecular weight excluding hydrogens is 316 g/mol. The van der Waals surface area contributed by atoms with Crippen LogP contribution < -0.4 is 0 Å². The second-order valence-electron chi connectivity index (χ2n) is 8.28. The first-order valence-corrected chi connectivity index (χ1v) is 9.86. The van der Waals surface area contributed by atoms with Crippen molar-refractivity contribution in [3.63, 3.8) is 0 Å². The minimum absolute atomic E-state index is 0.116. The van der Waals surface area contributed by atoms with Crippen LogP contribution in [0.1, 0.15) is 61.3 Å². The largest absolute Gasteiger partial charge is 0.396 e. The van der Waals surface area contributed by atoms with E-state index in [1.807, 2.05) is 19.9 Å². The predicted molar refractivity (Wildman–Crippen MR) is 102 cm³/mol. The maximum atomic E-state index is 9.54. The summed E-state index contributed by atoms with van der Waals surface area (Å²) in [4.78, 5) is 0. The Kier molecular flexibility index (Phi) is 9.10. The minimum Gasteiger partial charge on any atom is -0.396 e. The van der Waals surface area contributed by atoms with Gasteiger partial charge in [0.2, 0.25) is 0 Å². The highest BCUT2D eigenvalue weighted by Crippen LogP contribution is 2.37. The molecule has 0 aromatic rings. The molecule has 0 aromatic heterocycles. The molecule has 0 aromatic carbocycles. The van der Waals surface area contributed by atoms with E-state index in [1.54, 1.807) is 0 Å². The quantitative estimate of drug-likeness (QED) is 0.589. The summed E-state index contributed by atoms with van der Waals surface area (Å²) in [6.45, 7) is 19.5. The second kappa shape index (κ2) is 10.1. The molecule has 4 nitrogen and oxygen atoms in total. The molecule has 0 spiro atoms. The highest BCUT2D eigenvalue weighted by molar-refractivity contribution is 4.96. The fourth-order valence-electron chi connectivity index (χ4n) is 4.01. The molecule has 0 bridgehead atoms. The lowest BCUT2D eigenvalue weighted by molar-refractivity contribution is -0.281. The van der Waals surface area contributed by atoms with Crippen molar-refractivity contribution in [3.05, 3.63) is 12.7 Å². The Hall–Kier alpha value is -0.420. The van der Waals surface area contributed by atoms with Crippen LogP contribution in [0.2, 0.25) is 0 Å². The molecule has 0 unspecified atom stereocenters. The molecule has 148 valence electrons. The van der Waals surface area contributed by atoms with E-state index in [9.17, 15) is 5.11 Å². The lowest BCUT2D eigenvalue weighted by Gasteiger charge is -2.46. The third kappa shape index (κ3) is 6.06. The molecular formula is C21H40O4. The fraction of sp³-hybridized carbons (Fsp3) is 0.905. The van der Waals surface area contributed by atoms with Crippen LogP contribution in [0.4, 0.5) is 0 Å². The summed E-state index contributed by atoms with van der Waals surface area (Å²) in [5.74, 6) is 1.15. The summed E-state index contributed by atoms with van der Waals surface area (Å²) >= 11 is 0. The van der Waals surface area contributed by atoms with Crippen molar-refractivity contribution in [2.45, 2.75) is 85.4 Å². The van der Waals surface area contributed by atoms with Gasteiger partial charge in [0.1, 0.15) is 0 Å². The molecule has 4 heteroatoms. The Balaban J connectivity index is 3.06. The summed E-state index contributed by atoms with van der Waals surface area (Å²) in [5.41, 5.74) is -0.502. The molecule has 0 amide bonds. The monoisotopic (exact) mass is 356 g/mol. The first kappa shape index (κ1) is 22.6. The highest BCUT2D eigenvalue weighted by Gasteiger charge is 2.43. The maximum Gasteiger partial charge on any atom is 0.161 e. The van der Waals surface area contributed by atoms with Gasteiger partial charge >= 0.3 is 0 Å². The van der Waals surface area contributed by atoms with Gasteiger partial charge in [-0.1, -0.05) is 33.8 Å². The lowest BCUT2D eigenvalue weighted by atomic mass is 9.81. The Bertz CT molecular complexity index is 399. The molecule has 1 heterocycles. The predicted octanol–water partition coefficient (Wildman–Crippen LogP) is 4.41. The van der Waals surface area contributed by atoms with E-state index in [0.717, 1.165) is 12.8 Å². The number of aliphatic hydroxyl groups excluding tert-OH is 1. The van der Waals surface area contributed by atoms with Crippen LogP contribution in [0.5, 0.6) is 0 Å². The topological polar surface area (TPSA) is 47.9 Å². The van der Waals surface area contributed by atoms with E-state index >= 15 is 0 Å². The zero-order chi connectivity index (χ0) is 19.2. The number of ether oxygens (including phenoxy) is 3. The summed E-state index contributed by atoms with van der Waals surface area (Å²) in [7, 11) is 0. The van der Waals surface area contributed by atoms with Gasteiger partial charge in [0.05, 0.1) is 17.8 Å². The maximum absolute atomic E-state index is 9.54. The van der Waals surface area contributed by atoms with Gasteiger partial charge < -0.3 is 19.3 Å². The zero-order valence-corrected chi connectivity index (χ0v) is 17.3. The van der Waals surface area contributed by atoms with Crippen molar-refractivity contribution in [1.82, 2.24) is 0 Å². The molecule has 25 heavy (non-hydrogen) atoms. The zero-order valence-electron chi connectivity index (χ0n) is 17.3. The van der Waals surface area contributed by atoms with E-state index < -0.39 is 5.60 Å². The van der Waals surface area contributed by atoms with Crippen molar-refractivity contribution in [2.75, 3.05) is 13.2 Å². The van der Waals surface area contributed by atoms with Gasteiger partial charge in [0.25, 0.3) is 0 Å². The molecule has 0 saturated carbocycles. The molecule has 1 saturated heterocycles. The lowest BCUT2D eigenvalue weighted by Crippen LogP contribution is -2.52. The fourth-order valence-corrected chi connectivity index (χ4v) is 4.01. The van der Waals surface area contributed by atoms with Gasteiger partial charge in [-0.3, -0.25) is 0 Å². The van der Waals surface area contributed by atoms with Crippen molar-refractivity contribution < 1.29 is 19.3 Å². The summed E-state index contributed by atoms with van der Waals surface area (Å²) in [6.07, 6.45) is 3.50. The van der Waals surface area contributed by atoms with Crippen LogP contribution >= 0.6 is 0 Å². The molecule has 1 N–H and O–H groups in total. The van der Waals surface area contributed by atoms with Crippen LogP contribution in [0.3, 0.4) is 0 Å². The summed E-state index contributed by atoms with van der Waals surface area (Å²) in [5, 5.41) is 9.54.